The summed E-state index contributed by atoms with van der Waals surface area (Å²) in [6, 6.07) is 1.17. The molecular formula is C6H4F2IN3O2. The van der Waals surface area contributed by atoms with E-state index < -0.39 is 22.7 Å². The second kappa shape index (κ2) is 3.98. The summed E-state index contributed by atoms with van der Waals surface area (Å²) in [5.41, 5.74) is 3.23. The maximum atomic E-state index is 12.3. The van der Waals surface area contributed by atoms with E-state index in [0.717, 1.165) is 0 Å². The molecule has 0 aliphatic heterocycles. The summed E-state index contributed by atoms with van der Waals surface area (Å²) < 4.78 is 24.8. The molecule has 0 bridgehead atoms. The molecule has 0 amide bonds. The SMILES string of the molecule is Nc1cc(I)nc(C(F)F)c1[N+](=O)[O-]. The predicted octanol–water partition coefficient (Wildman–Crippen LogP) is 2.11. The highest BCUT2D eigenvalue weighted by atomic mass is 127. The number of anilines is 1. The van der Waals surface area contributed by atoms with Crippen LogP contribution in [0.4, 0.5) is 20.2 Å². The average Bonchev–Trinajstić information content (AvgIpc) is 2.01. The number of halogens is 3. The molecule has 0 radical (unpaired) electrons. The summed E-state index contributed by atoms with van der Waals surface area (Å²) in [5.74, 6) is 0. The van der Waals surface area contributed by atoms with Crippen molar-refractivity contribution in [2.45, 2.75) is 6.43 Å². The molecule has 0 atom stereocenters. The fourth-order valence-electron chi connectivity index (χ4n) is 0.896. The number of alkyl halides is 2. The second-order valence-electron chi connectivity index (χ2n) is 2.33. The van der Waals surface area contributed by atoms with Crippen molar-refractivity contribution in [3.05, 3.63) is 25.6 Å². The number of nitrogen functional groups attached to an aromatic ring is 1. The highest BCUT2D eigenvalue weighted by molar-refractivity contribution is 14.1. The Balaban J connectivity index is 3.44. The van der Waals surface area contributed by atoms with Crippen LogP contribution in [0.3, 0.4) is 0 Å². The van der Waals surface area contributed by atoms with Gasteiger partial charge in [0.05, 0.1) is 4.92 Å². The third-order valence-corrected chi connectivity index (χ3v) is 1.96. The Morgan fingerprint density at radius 1 is 1.64 bits per heavy atom. The van der Waals surface area contributed by atoms with Crippen LogP contribution in [-0.2, 0) is 0 Å². The Labute approximate surface area is 90.6 Å². The Hall–Kier alpha value is -1.06. The van der Waals surface area contributed by atoms with E-state index in [1.807, 2.05) is 0 Å². The topological polar surface area (TPSA) is 82.0 Å². The third kappa shape index (κ3) is 2.05. The third-order valence-electron chi connectivity index (χ3n) is 1.41. The zero-order chi connectivity index (χ0) is 10.9. The number of pyridine rings is 1. The highest BCUT2D eigenvalue weighted by Crippen LogP contribution is 2.32. The first-order valence-corrected chi connectivity index (χ1v) is 4.39. The van der Waals surface area contributed by atoms with Gasteiger partial charge in [0.2, 0.25) is 0 Å². The first kappa shape index (κ1) is 11.0. The van der Waals surface area contributed by atoms with Gasteiger partial charge in [0, 0.05) is 6.07 Å². The van der Waals surface area contributed by atoms with Crippen LogP contribution >= 0.6 is 22.6 Å². The van der Waals surface area contributed by atoms with E-state index in [2.05, 4.69) is 4.98 Å². The van der Waals surface area contributed by atoms with Crippen molar-refractivity contribution in [1.82, 2.24) is 4.98 Å². The molecule has 76 valence electrons. The van der Waals surface area contributed by atoms with Gasteiger partial charge in [-0.3, -0.25) is 10.1 Å². The fourth-order valence-corrected chi connectivity index (χ4v) is 1.49. The van der Waals surface area contributed by atoms with Crippen LogP contribution < -0.4 is 5.73 Å². The number of aromatic nitrogens is 1. The van der Waals surface area contributed by atoms with Crippen molar-refractivity contribution in [3.8, 4) is 0 Å². The maximum absolute atomic E-state index is 12.3. The summed E-state index contributed by atoms with van der Waals surface area (Å²) in [7, 11) is 0. The van der Waals surface area contributed by atoms with Gasteiger partial charge in [0.25, 0.3) is 6.43 Å². The Bertz CT molecular complexity index is 386. The summed E-state index contributed by atoms with van der Waals surface area (Å²) in [4.78, 5) is 12.8. The predicted molar refractivity (Wildman–Crippen MR) is 53.0 cm³/mol. The van der Waals surface area contributed by atoms with Gasteiger partial charge < -0.3 is 5.73 Å². The lowest BCUT2D eigenvalue weighted by Crippen LogP contribution is -2.04. The van der Waals surface area contributed by atoms with Crippen molar-refractivity contribution in [2.75, 3.05) is 5.73 Å². The molecule has 1 aromatic heterocycles. The van der Waals surface area contributed by atoms with Gasteiger partial charge in [-0.15, -0.1) is 0 Å². The number of hydrogen-bond acceptors (Lipinski definition) is 4. The lowest BCUT2D eigenvalue weighted by Gasteiger charge is -2.03. The van der Waals surface area contributed by atoms with Crippen molar-refractivity contribution in [2.24, 2.45) is 0 Å². The monoisotopic (exact) mass is 315 g/mol. The normalized spacial score (nSPS) is 10.6. The minimum absolute atomic E-state index is 0.195. The van der Waals surface area contributed by atoms with Crippen molar-refractivity contribution in [1.29, 1.82) is 0 Å². The van der Waals surface area contributed by atoms with E-state index in [0.29, 0.717) is 0 Å². The number of nitro groups is 1. The molecule has 2 N–H and O–H groups in total. The molecule has 0 aliphatic carbocycles. The lowest BCUT2D eigenvalue weighted by molar-refractivity contribution is -0.385. The van der Waals surface area contributed by atoms with Gasteiger partial charge >= 0.3 is 5.69 Å². The van der Waals surface area contributed by atoms with Crippen LogP contribution in [0.2, 0.25) is 0 Å². The Morgan fingerprint density at radius 2 is 2.21 bits per heavy atom. The van der Waals surface area contributed by atoms with Crippen LogP contribution in [0.25, 0.3) is 0 Å². The quantitative estimate of drug-likeness (QED) is 0.392. The Kier molecular flexibility index (Phi) is 3.13. The van der Waals surface area contributed by atoms with Crippen molar-refractivity contribution >= 4 is 34.0 Å². The number of hydrogen-bond donors (Lipinski definition) is 1. The zero-order valence-corrected chi connectivity index (χ0v) is 8.73. The molecule has 1 heterocycles. The van der Waals surface area contributed by atoms with Gasteiger partial charge in [-0.25, -0.2) is 13.8 Å². The first-order chi connectivity index (χ1) is 6.43. The summed E-state index contributed by atoms with van der Waals surface area (Å²) in [6.45, 7) is 0. The zero-order valence-electron chi connectivity index (χ0n) is 6.58. The molecule has 5 nitrogen and oxygen atoms in total. The van der Waals surface area contributed by atoms with E-state index in [4.69, 9.17) is 5.73 Å². The molecule has 0 saturated heterocycles. The molecule has 1 rings (SSSR count). The van der Waals surface area contributed by atoms with Gasteiger partial charge in [-0.1, -0.05) is 0 Å². The maximum Gasteiger partial charge on any atom is 0.319 e. The van der Waals surface area contributed by atoms with Crippen molar-refractivity contribution < 1.29 is 13.7 Å². The highest BCUT2D eigenvalue weighted by Gasteiger charge is 2.27. The van der Waals surface area contributed by atoms with Crippen LogP contribution in [0.1, 0.15) is 12.1 Å². The average molecular weight is 315 g/mol. The van der Waals surface area contributed by atoms with Gasteiger partial charge in [-0.2, -0.15) is 0 Å². The summed E-state index contributed by atoms with van der Waals surface area (Å²) in [6.07, 6.45) is -3.01. The van der Waals surface area contributed by atoms with E-state index in [1.54, 1.807) is 22.6 Å². The van der Waals surface area contributed by atoms with E-state index in [-0.39, 0.29) is 9.39 Å². The van der Waals surface area contributed by atoms with Gasteiger partial charge in [0.15, 0.2) is 5.69 Å². The molecule has 0 saturated carbocycles. The summed E-state index contributed by atoms with van der Waals surface area (Å²) in [5, 5.41) is 10.4. The van der Waals surface area contributed by atoms with Crippen LogP contribution in [0, 0.1) is 13.8 Å². The number of rotatable bonds is 2. The molecule has 0 unspecified atom stereocenters. The van der Waals surface area contributed by atoms with Crippen LogP contribution in [0.5, 0.6) is 0 Å². The molecule has 0 spiro atoms. The molecule has 14 heavy (non-hydrogen) atoms. The largest absolute Gasteiger partial charge is 0.393 e. The van der Waals surface area contributed by atoms with Crippen molar-refractivity contribution in [3.63, 3.8) is 0 Å². The molecule has 8 heteroatoms. The van der Waals surface area contributed by atoms with Gasteiger partial charge in [0.1, 0.15) is 9.39 Å². The van der Waals surface area contributed by atoms with E-state index in [1.165, 1.54) is 6.07 Å². The summed E-state index contributed by atoms with van der Waals surface area (Å²) >= 11 is 1.66. The molecular weight excluding hydrogens is 311 g/mol. The molecule has 1 aromatic rings. The lowest BCUT2D eigenvalue weighted by atomic mass is 10.2. The molecule has 0 fully saturated rings. The van der Waals surface area contributed by atoms with E-state index >= 15 is 0 Å². The Morgan fingerprint density at radius 3 is 2.64 bits per heavy atom. The first-order valence-electron chi connectivity index (χ1n) is 3.32. The van der Waals surface area contributed by atoms with Crippen LogP contribution in [0.15, 0.2) is 6.07 Å². The molecule has 0 aliphatic rings. The smallest absolute Gasteiger partial charge is 0.319 e. The molecule has 0 aromatic carbocycles. The van der Waals surface area contributed by atoms with Crippen LogP contribution in [-0.4, -0.2) is 9.91 Å². The standard InChI is InChI=1S/C6H4F2IN3O2/c7-6(8)4-5(12(13)14)2(10)1-3(9)11-4/h1,6H,(H2,10,11). The fraction of sp³-hybridized carbons (Fsp3) is 0.167. The number of nitrogens with zero attached hydrogens (tertiary/aromatic N) is 2. The second-order valence-corrected chi connectivity index (χ2v) is 3.43. The van der Waals surface area contributed by atoms with E-state index in [9.17, 15) is 18.9 Å². The minimum atomic E-state index is -3.01. The van der Waals surface area contributed by atoms with Gasteiger partial charge in [-0.05, 0) is 22.6 Å². The number of nitrogens with two attached hydrogens (primary N) is 1. The minimum Gasteiger partial charge on any atom is -0.393 e.